The summed E-state index contributed by atoms with van der Waals surface area (Å²) >= 11 is 0. The molecule has 0 bridgehead atoms. The summed E-state index contributed by atoms with van der Waals surface area (Å²) in [6.45, 7) is 3.24. The minimum atomic E-state index is -3.58. The fraction of sp³-hybridized carbons (Fsp3) is 0.300. The Bertz CT molecular complexity index is 958. The van der Waals surface area contributed by atoms with Crippen LogP contribution in [0.15, 0.2) is 53.4 Å². The predicted molar refractivity (Wildman–Crippen MR) is 108 cm³/mol. The van der Waals surface area contributed by atoms with Gasteiger partial charge in [-0.2, -0.15) is 4.31 Å². The number of nitrogens with zero attached hydrogens (tertiary/aromatic N) is 1. The lowest BCUT2D eigenvalue weighted by Crippen LogP contribution is -2.30. The largest absolute Gasteiger partial charge is 0.482 e. The number of rotatable bonds is 10. The number of amides is 1. The van der Waals surface area contributed by atoms with E-state index >= 15 is 0 Å². The summed E-state index contributed by atoms with van der Waals surface area (Å²) in [6.07, 6.45) is 0. The van der Waals surface area contributed by atoms with E-state index in [1.165, 1.54) is 52.8 Å². The maximum atomic E-state index is 12.8. The van der Waals surface area contributed by atoms with Crippen LogP contribution in [0.5, 0.6) is 5.75 Å². The third-order valence-corrected chi connectivity index (χ3v) is 6.08. The number of esters is 1. The minimum Gasteiger partial charge on any atom is -0.482 e. The predicted octanol–water partition coefficient (Wildman–Crippen LogP) is 2.42. The Morgan fingerprint density at radius 3 is 2.13 bits per heavy atom. The number of hydrogen-bond acceptors (Lipinski definition) is 6. The monoisotopic (exact) mass is 438 g/mol. The smallest absolute Gasteiger partial charge is 0.344 e. The van der Waals surface area contributed by atoms with Crippen molar-refractivity contribution in [2.24, 2.45) is 0 Å². The second-order valence-corrected chi connectivity index (χ2v) is 8.00. The van der Waals surface area contributed by atoms with Gasteiger partial charge in [0.2, 0.25) is 10.0 Å². The van der Waals surface area contributed by atoms with Crippen molar-refractivity contribution in [1.29, 1.82) is 0 Å². The molecule has 0 aliphatic carbocycles. The summed E-state index contributed by atoms with van der Waals surface area (Å²) in [5, 5.41) is 2.51. The number of carbonyl (C=O) groups excluding carboxylic acids is 2. The number of anilines is 1. The Balaban J connectivity index is 1.81. The van der Waals surface area contributed by atoms with Crippen molar-refractivity contribution in [3.05, 3.63) is 54.3 Å². The first-order valence-electron chi connectivity index (χ1n) is 9.20. The first-order valence-corrected chi connectivity index (χ1v) is 10.6. The van der Waals surface area contributed by atoms with Gasteiger partial charge in [0, 0.05) is 18.8 Å². The van der Waals surface area contributed by atoms with Gasteiger partial charge in [0.15, 0.2) is 13.2 Å². The van der Waals surface area contributed by atoms with Gasteiger partial charge >= 0.3 is 5.97 Å². The van der Waals surface area contributed by atoms with Crippen LogP contribution in [-0.2, 0) is 24.3 Å². The zero-order valence-corrected chi connectivity index (χ0v) is 17.4. The van der Waals surface area contributed by atoms with Gasteiger partial charge in [-0.25, -0.2) is 17.6 Å². The van der Waals surface area contributed by atoms with Gasteiger partial charge in [0.25, 0.3) is 5.91 Å². The number of halogens is 1. The number of carbonyl (C=O) groups is 2. The molecule has 0 spiro atoms. The molecule has 1 N–H and O–H groups in total. The van der Waals surface area contributed by atoms with E-state index in [-0.39, 0.29) is 10.6 Å². The SMILES string of the molecule is CCN(CC)S(=O)(=O)c1ccc(NC(=O)COC(=O)COc2ccc(F)cc2)cc1. The van der Waals surface area contributed by atoms with E-state index in [0.29, 0.717) is 18.8 Å². The highest BCUT2D eigenvalue weighted by atomic mass is 32.2. The van der Waals surface area contributed by atoms with E-state index in [2.05, 4.69) is 5.32 Å². The molecule has 2 rings (SSSR count). The Morgan fingerprint density at radius 2 is 1.57 bits per heavy atom. The number of ether oxygens (including phenoxy) is 2. The molecule has 0 atom stereocenters. The highest BCUT2D eigenvalue weighted by Gasteiger charge is 2.21. The zero-order chi connectivity index (χ0) is 22.1. The van der Waals surface area contributed by atoms with Crippen LogP contribution in [0.4, 0.5) is 10.1 Å². The molecule has 0 saturated carbocycles. The van der Waals surface area contributed by atoms with Crippen LogP contribution in [0, 0.1) is 5.82 Å². The molecule has 0 aromatic heterocycles. The minimum absolute atomic E-state index is 0.119. The summed E-state index contributed by atoms with van der Waals surface area (Å²) in [6, 6.07) is 10.8. The third-order valence-electron chi connectivity index (χ3n) is 4.02. The molecule has 0 saturated heterocycles. The molecule has 0 unspecified atom stereocenters. The third kappa shape index (κ3) is 6.53. The Hall–Kier alpha value is -2.98. The molecule has 0 aliphatic heterocycles. The van der Waals surface area contributed by atoms with Crippen LogP contribution in [0.2, 0.25) is 0 Å². The summed E-state index contributed by atoms with van der Waals surface area (Å²) in [7, 11) is -3.58. The lowest BCUT2D eigenvalue weighted by atomic mass is 10.3. The molecule has 8 nitrogen and oxygen atoms in total. The lowest BCUT2D eigenvalue weighted by molar-refractivity contribution is -0.149. The molecule has 2 aromatic rings. The van der Waals surface area contributed by atoms with Gasteiger partial charge in [-0.15, -0.1) is 0 Å². The molecular formula is C20H23FN2O6S. The van der Waals surface area contributed by atoms with E-state index in [9.17, 15) is 22.4 Å². The zero-order valence-electron chi connectivity index (χ0n) is 16.6. The standard InChI is InChI=1S/C20H23FN2O6S/c1-3-23(4-2)30(26,27)18-11-7-16(8-12-18)22-19(24)13-29-20(25)14-28-17-9-5-15(21)6-10-17/h5-12H,3-4,13-14H2,1-2H3,(H,22,24). The average Bonchev–Trinajstić information content (AvgIpc) is 2.73. The maximum Gasteiger partial charge on any atom is 0.344 e. The van der Waals surface area contributed by atoms with Crippen molar-refractivity contribution in [2.45, 2.75) is 18.7 Å². The second-order valence-electron chi connectivity index (χ2n) is 6.07. The molecule has 0 radical (unpaired) electrons. The number of nitrogens with one attached hydrogen (secondary N) is 1. The van der Waals surface area contributed by atoms with Crippen LogP contribution in [0.3, 0.4) is 0 Å². The van der Waals surface area contributed by atoms with E-state index in [1.807, 2.05) is 0 Å². The summed E-state index contributed by atoms with van der Waals surface area (Å²) in [5.41, 5.74) is 0.358. The Morgan fingerprint density at radius 1 is 0.967 bits per heavy atom. The highest BCUT2D eigenvalue weighted by Crippen LogP contribution is 2.18. The van der Waals surface area contributed by atoms with Crippen molar-refractivity contribution < 1.29 is 31.9 Å². The Labute approximate surface area is 174 Å². The molecule has 2 aromatic carbocycles. The number of sulfonamides is 1. The van der Waals surface area contributed by atoms with Crippen molar-refractivity contribution in [3.8, 4) is 5.75 Å². The van der Waals surface area contributed by atoms with Crippen LogP contribution >= 0.6 is 0 Å². The van der Waals surface area contributed by atoms with Crippen LogP contribution in [0.1, 0.15) is 13.8 Å². The van der Waals surface area contributed by atoms with Crippen LogP contribution in [-0.4, -0.2) is 50.9 Å². The number of hydrogen-bond donors (Lipinski definition) is 1. The fourth-order valence-electron chi connectivity index (χ4n) is 2.48. The summed E-state index contributed by atoms with van der Waals surface area (Å²) < 4.78 is 48.9. The fourth-order valence-corrected chi connectivity index (χ4v) is 3.94. The van der Waals surface area contributed by atoms with Crippen LogP contribution in [0.25, 0.3) is 0 Å². The van der Waals surface area contributed by atoms with E-state index < -0.39 is 40.9 Å². The summed E-state index contributed by atoms with van der Waals surface area (Å²) in [5.74, 6) is -1.50. The molecule has 30 heavy (non-hydrogen) atoms. The molecule has 0 fully saturated rings. The summed E-state index contributed by atoms with van der Waals surface area (Å²) in [4.78, 5) is 23.7. The van der Waals surface area contributed by atoms with Gasteiger partial charge in [0.1, 0.15) is 11.6 Å². The molecule has 162 valence electrons. The van der Waals surface area contributed by atoms with E-state index in [0.717, 1.165) is 0 Å². The lowest BCUT2D eigenvalue weighted by Gasteiger charge is -2.18. The quantitative estimate of drug-likeness (QED) is 0.572. The maximum absolute atomic E-state index is 12.8. The van der Waals surface area contributed by atoms with Crippen molar-refractivity contribution in [1.82, 2.24) is 4.31 Å². The first kappa shape index (κ1) is 23.3. The van der Waals surface area contributed by atoms with Crippen LogP contribution < -0.4 is 10.1 Å². The topological polar surface area (TPSA) is 102 Å². The second kappa shape index (κ2) is 10.7. The van der Waals surface area contributed by atoms with Gasteiger partial charge in [-0.1, -0.05) is 13.8 Å². The molecule has 0 aliphatic rings. The molecular weight excluding hydrogens is 415 g/mol. The number of benzene rings is 2. The van der Waals surface area contributed by atoms with Gasteiger partial charge < -0.3 is 14.8 Å². The van der Waals surface area contributed by atoms with E-state index in [1.54, 1.807) is 13.8 Å². The van der Waals surface area contributed by atoms with E-state index in [4.69, 9.17) is 9.47 Å². The Kier molecular flexibility index (Phi) is 8.31. The van der Waals surface area contributed by atoms with Crippen molar-refractivity contribution in [3.63, 3.8) is 0 Å². The van der Waals surface area contributed by atoms with Gasteiger partial charge in [-0.05, 0) is 48.5 Å². The normalized spacial score (nSPS) is 11.2. The molecule has 10 heteroatoms. The van der Waals surface area contributed by atoms with Crippen molar-refractivity contribution in [2.75, 3.05) is 31.6 Å². The molecule has 0 heterocycles. The highest BCUT2D eigenvalue weighted by molar-refractivity contribution is 7.89. The first-order chi connectivity index (χ1) is 14.3. The van der Waals surface area contributed by atoms with Gasteiger partial charge in [-0.3, -0.25) is 4.79 Å². The average molecular weight is 438 g/mol. The molecule has 1 amide bonds. The van der Waals surface area contributed by atoms with Gasteiger partial charge in [0.05, 0.1) is 4.90 Å². The van der Waals surface area contributed by atoms with Crippen molar-refractivity contribution >= 4 is 27.6 Å².